The van der Waals surface area contributed by atoms with E-state index in [1.807, 2.05) is 11.9 Å². The summed E-state index contributed by atoms with van der Waals surface area (Å²) < 4.78 is 18.4. The van der Waals surface area contributed by atoms with E-state index in [1.54, 1.807) is 19.2 Å². The normalized spacial score (nSPS) is 13.1. The van der Waals surface area contributed by atoms with Gasteiger partial charge in [-0.05, 0) is 24.7 Å². The molecule has 0 aliphatic rings. The number of halogens is 2. The van der Waals surface area contributed by atoms with Gasteiger partial charge in [0.1, 0.15) is 5.82 Å². The van der Waals surface area contributed by atoms with E-state index >= 15 is 0 Å². The van der Waals surface area contributed by atoms with E-state index in [4.69, 9.17) is 22.1 Å². The van der Waals surface area contributed by atoms with Gasteiger partial charge in [-0.1, -0.05) is 17.7 Å². The fraction of sp³-hybridized carbons (Fsp3) is 0.500. The maximum atomic E-state index is 13.4. The van der Waals surface area contributed by atoms with E-state index in [0.717, 1.165) is 12.1 Å². The van der Waals surface area contributed by atoms with Crippen molar-refractivity contribution in [2.45, 2.75) is 6.04 Å². The molecular formula is C12H18ClFN2O. The smallest absolute Gasteiger partial charge is 0.142 e. The number of nitrogens with zero attached hydrogens (tertiary/aromatic N) is 1. The van der Waals surface area contributed by atoms with E-state index < -0.39 is 5.82 Å². The molecule has 1 aromatic carbocycles. The lowest BCUT2D eigenvalue weighted by molar-refractivity contribution is 0.140. The first-order valence-electron chi connectivity index (χ1n) is 5.44. The Morgan fingerprint density at radius 1 is 1.53 bits per heavy atom. The minimum absolute atomic E-state index is 0.0306. The third kappa shape index (κ3) is 3.92. The fourth-order valence-electron chi connectivity index (χ4n) is 1.68. The van der Waals surface area contributed by atoms with E-state index in [-0.39, 0.29) is 11.1 Å². The molecule has 1 rings (SSSR count). The summed E-state index contributed by atoms with van der Waals surface area (Å²) >= 11 is 5.65. The predicted molar refractivity (Wildman–Crippen MR) is 67.7 cm³/mol. The van der Waals surface area contributed by atoms with Crippen molar-refractivity contribution in [1.82, 2.24) is 4.90 Å². The van der Waals surface area contributed by atoms with Crippen LogP contribution in [0.2, 0.25) is 5.02 Å². The molecule has 1 aromatic rings. The maximum Gasteiger partial charge on any atom is 0.142 e. The number of hydrogen-bond donors (Lipinski definition) is 1. The Bertz CT molecular complexity index is 362. The summed E-state index contributed by atoms with van der Waals surface area (Å²) in [5.74, 6) is -0.414. The van der Waals surface area contributed by atoms with Crippen molar-refractivity contribution in [3.05, 3.63) is 34.6 Å². The molecule has 0 aromatic heterocycles. The summed E-state index contributed by atoms with van der Waals surface area (Å²) in [5.41, 5.74) is 6.55. The summed E-state index contributed by atoms with van der Waals surface area (Å²) in [4.78, 5) is 2.03. The summed E-state index contributed by atoms with van der Waals surface area (Å²) in [6, 6.07) is 4.76. The highest BCUT2D eigenvalue weighted by Crippen LogP contribution is 2.22. The molecule has 1 atom stereocenters. The molecule has 17 heavy (non-hydrogen) atoms. The van der Waals surface area contributed by atoms with Gasteiger partial charge in [-0.15, -0.1) is 0 Å². The second kappa shape index (κ2) is 6.91. The molecule has 0 saturated heterocycles. The molecule has 0 fully saturated rings. The van der Waals surface area contributed by atoms with Gasteiger partial charge in [-0.2, -0.15) is 0 Å². The van der Waals surface area contributed by atoms with Crippen molar-refractivity contribution in [2.75, 3.05) is 33.9 Å². The van der Waals surface area contributed by atoms with Crippen LogP contribution in [0, 0.1) is 5.82 Å². The lowest BCUT2D eigenvalue weighted by Crippen LogP contribution is -2.33. The summed E-state index contributed by atoms with van der Waals surface area (Å²) in [7, 11) is 3.58. The van der Waals surface area contributed by atoms with Gasteiger partial charge >= 0.3 is 0 Å². The molecule has 5 heteroatoms. The van der Waals surface area contributed by atoms with E-state index in [1.165, 1.54) is 6.07 Å². The van der Waals surface area contributed by atoms with Gasteiger partial charge in [0.05, 0.1) is 11.6 Å². The van der Waals surface area contributed by atoms with Crippen LogP contribution in [0.15, 0.2) is 18.2 Å². The van der Waals surface area contributed by atoms with E-state index in [9.17, 15) is 4.39 Å². The van der Waals surface area contributed by atoms with Gasteiger partial charge in [0, 0.05) is 26.2 Å². The molecule has 1 unspecified atom stereocenters. The number of methoxy groups -OCH3 is 1. The van der Waals surface area contributed by atoms with Crippen molar-refractivity contribution < 1.29 is 9.13 Å². The Morgan fingerprint density at radius 2 is 2.24 bits per heavy atom. The molecule has 0 heterocycles. The predicted octanol–water partition coefficient (Wildman–Crippen LogP) is 2.06. The SMILES string of the molecule is COCCN(C)C(CN)c1ccc(Cl)c(F)c1. The lowest BCUT2D eigenvalue weighted by atomic mass is 10.1. The Morgan fingerprint density at radius 3 is 2.76 bits per heavy atom. The van der Waals surface area contributed by atoms with Crippen LogP contribution in [-0.2, 0) is 4.74 Å². The standard InChI is InChI=1S/C12H18ClFN2O/c1-16(5-6-17-2)12(8-15)9-3-4-10(13)11(14)7-9/h3-4,7,12H,5-6,8,15H2,1-2H3. The first kappa shape index (κ1) is 14.4. The third-order valence-corrected chi connectivity index (χ3v) is 3.04. The van der Waals surface area contributed by atoms with Crippen LogP contribution >= 0.6 is 11.6 Å². The molecule has 0 saturated carbocycles. The lowest BCUT2D eigenvalue weighted by Gasteiger charge is -2.27. The van der Waals surface area contributed by atoms with Gasteiger partial charge in [0.2, 0.25) is 0 Å². The largest absolute Gasteiger partial charge is 0.383 e. The molecule has 0 radical (unpaired) electrons. The average Bonchev–Trinajstić information content (AvgIpc) is 2.32. The maximum absolute atomic E-state index is 13.4. The molecule has 0 aliphatic heterocycles. The zero-order valence-electron chi connectivity index (χ0n) is 10.1. The number of rotatable bonds is 6. The second-order valence-corrected chi connectivity index (χ2v) is 4.31. The van der Waals surface area contributed by atoms with Crippen molar-refractivity contribution in [3.8, 4) is 0 Å². The average molecular weight is 261 g/mol. The zero-order chi connectivity index (χ0) is 12.8. The van der Waals surface area contributed by atoms with Crippen molar-refractivity contribution in [1.29, 1.82) is 0 Å². The summed E-state index contributed by atoms with van der Waals surface area (Å²) in [6.45, 7) is 1.77. The van der Waals surface area contributed by atoms with Crippen molar-refractivity contribution in [2.24, 2.45) is 5.73 Å². The van der Waals surface area contributed by atoms with Crippen molar-refractivity contribution >= 4 is 11.6 Å². The van der Waals surface area contributed by atoms with Gasteiger partial charge in [0.15, 0.2) is 0 Å². The van der Waals surface area contributed by atoms with Crippen LogP contribution in [0.5, 0.6) is 0 Å². The van der Waals surface area contributed by atoms with Gasteiger partial charge in [0.25, 0.3) is 0 Å². The Hall–Kier alpha value is -0.680. The van der Waals surface area contributed by atoms with Crippen LogP contribution in [0.3, 0.4) is 0 Å². The number of ether oxygens (including phenoxy) is 1. The number of benzene rings is 1. The Balaban J connectivity index is 2.81. The summed E-state index contributed by atoms with van der Waals surface area (Å²) in [5, 5.41) is 0.129. The Kier molecular flexibility index (Phi) is 5.85. The first-order chi connectivity index (χ1) is 8.10. The Labute approximate surface area is 106 Å². The summed E-state index contributed by atoms with van der Waals surface area (Å²) in [6.07, 6.45) is 0. The first-order valence-corrected chi connectivity index (χ1v) is 5.82. The highest BCUT2D eigenvalue weighted by Gasteiger charge is 2.16. The van der Waals surface area contributed by atoms with Crippen LogP contribution < -0.4 is 5.73 Å². The van der Waals surface area contributed by atoms with Crippen LogP contribution in [0.25, 0.3) is 0 Å². The molecule has 96 valence electrons. The van der Waals surface area contributed by atoms with Crippen LogP contribution in [0.1, 0.15) is 11.6 Å². The monoisotopic (exact) mass is 260 g/mol. The third-order valence-electron chi connectivity index (χ3n) is 2.73. The van der Waals surface area contributed by atoms with E-state index in [0.29, 0.717) is 13.2 Å². The van der Waals surface area contributed by atoms with E-state index in [2.05, 4.69) is 0 Å². The highest BCUT2D eigenvalue weighted by atomic mass is 35.5. The molecule has 2 N–H and O–H groups in total. The van der Waals surface area contributed by atoms with Gasteiger partial charge in [-0.3, -0.25) is 4.90 Å². The van der Waals surface area contributed by atoms with Crippen LogP contribution in [0.4, 0.5) is 4.39 Å². The quantitative estimate of drug-likeness (QED) is 0.851. The second-order valence-electron chi connectivity index (χ2n) is 3.90. The molecule has 0 spiro atoms. The van der Waals surface area contributed by atoms with Crippen LogP contribution in [-0.4, -0.2) is 38.8 Å². The number of hydrogen-bond acceptors (Lipinski definition) is 3. The number of nitrogens with two attached hydrogens (primary N) is 1. The zero-order valence-corrected chi connectivity index (χ0v) is 10.9. The molecule has 0 aliphatic carbocycles. The minimum Gasteiger partial charge on any atom is -0.383 e. The molecule has 0 bridgehead atoms. The number of likely N-dealkylation sites (N-methyl/N-ethyl adjacent to an activating group) is 1. The van der Waals surface area contributed by atoms with Crippen molar-refractivity contribution in [3.63, 3.8) is 0 Å². The topological polar surface area (TPSA) is 38.5 Å². The highest BCUT2D eigenvalue weighted by molar-refractivity contribution is 6.30. The van der Waals surface area contributed by atoms with Gasteiger partial charge in [-0.25, -0.2) is 4.39 Å². The fourth-order valence-corrected chi connectivity index (χ4v) is 1.80. The molecule has 3 nitrogen and oxygen atoms in total. The molecular weight excluding hydrogens is 243 g/mol. The van der Waals surface area contributed by atoms with Gasteiger partial charge < -0.3 is 10.5 Å². The molecule has 0 amide bonds. The minimum atomic E-state index is -0.414.